The van der Waals surface area contributed by atoms with Gasteiger partial charge in [0, 0.05) is 12.3 Å². The number of rotatable bonds is 3. The molecule has 0 aromatic carbocycles. The Kier molecular flexibility index (Phi) is 3.26. The number of amides is 1. The average Bonchev–Trinajstić information content (AvgIpc) is 2.86. The Balaban J connectivity index is 2.13. The molecule has 5 nitrogen and oxygen atoms in total. The standard InChI is InChI=1S/C10H7ClN2O3S/c1-5(14)7-4-17-10(12-7)13-9(15)6-2-3-16-8(6)11/h2-4H,1H3,(H,12,13,15). The summed E-state index contributed by atoms with van der Waals surface area (Å²) in [6.45, 7) is 1.41. The molecule has 0 atom stereocenters. The second-order valence-corrected chi connectivity index (χ2v) is 4.36. The van der Waals surface area contributed by atoms with E-state index in [-0.39, 0.29) is 16.6 Å². The summed E-state index contributed by atoms with van der Waals surface area (Å²) in [6.07, 6.45) is 1.32. The van der Waals surface area contributed by atoms with Crippen molar-refractivity contribution >= 4 is 39.8 Å². The summed E-state index contributed by atoms with van der Waals surface area (Å²) < 4.78 is 4.80. The van der Waals surface area contributed by atoms with Gasteiger partial charge in [0.05, 0.1) is 11.8 Å². The van der Waals surface area contributed by atoms with Crippen LogP contribution in [0.15, 0.2) is 22.1 Å². The first-order chi connectivity index (χ1) is 8.08. The molecule has 2 heterocycles. The summed E-state index contributed by atoms with van der Waals surface area (Å²) in [6, 6.07) is 1.46. The summed E-state index contributed by atoms with van der Waals surface area (Å²) in [5.41, 5.74) is 0.551. The lowest BCUT2D eigenvalue weighted by Gasteiger charge is -1.98. The summed E-state index contributed by atoms with van der Waals surface area (Å²) in [4.78, 5) is 26.7. The van der Waals surface area contributed by atoms with E-state index in [1.54, 1.807) is 5.38 Å². The molecular weight excluding hydrogens is 264 g/mol. The van der Waals surface area contributed by atoms with E-state index in [1.807, 2.05) is 0 Å². The molecule has 0 fully saturated rings. The molecule has 0 bridgehead atoms. The second kappa shape index (κ2) is 4.68. The number of nitrogens with one attached hydrogen (secondary N) is 1. The monoisotopic (exact) mass is 270 g/mol. The normalized spacial score (nSPS) is 10.2. The molecular formula is C10H7ClN2O3S. The molecule has 0 unspecified atom stereocenters. The van der Waals surface area contributed by atoms with Gasteiger partial charge in [0.1, 0.15) is 5.69 Å². The topological polar surface area (TPSA) is 72.2 Å². The van der Waals surface area contributed by atoms with Crippen LogP contribution < -0.4 is 5.32 Å². The minimum absolute atomic E-state index is 0.0193. The molecule has 88 valence electrons. The molecule has 0 radical (unpaired) electrons. The predicted molar refractivity (Wildman–Crippen MR) is 63.8 cm³/mol. The van der Waals surface area contributed by atoms with Crippen molar-refractivity contribution in [2.24, 2.45) is 0 Å². The van der Waals surface area contributed by atoms with Gasteiger partial charge in [-0.15, -0.1) is 11.3 Å². The van der Waals surface area contributed by atoms with Crippen molar-refractivity contribution in [2.75, 3.05) is 5.32 Å². The van der Waals surface area contributed by atoms with E-state index in [1.165, 1.54) is 30.6 Å². The highest BCUT2D eigenvalue weighted by Crippen LogP contribution is 2.20. The quantitative estimate of drug-likeness (QED) is 0.871. The number of nitrogens with zero attached hydrogens (tertiary/aromatic N) is 1. The number of Topliss-reactive ketones (excluding diaryl/α,β-unsaturated/α-hetero) is 1. The Morgan fingerprint density at radius 2 is 2.29 bits per heavy atom. The first-order valence-electron chi connectivity index (χ1n) is 4.58. The maximum Gasteiger partial charge on any atom is 0.262 e. The largest absolute Gasteiger partial charge is 0.452 e. The molecule has 7 heteroatoms. The van der Waals surface area contributed by atoms with Gasteiger partial charge in [0.2, 0.25) is 5.22 Å². The molecule has 2 aromatic rings. The highest BCUT2D eigenvalue weighted by Gasteiger charge is 2.15. The number of halogens is 1. The van der Waals surface area contributed by atoms with Gasteiger partial charge < -0.3 is 4.42 Å². The van der Waals surface area contributed by atoms with Gasteiger partial charge in [-0.2, -0.15) is 0 Å². The number of aromatic nitrogens is 1. The molecule has 1 N–H and O–H groups in total. The number of carbonyl (C=O) groups excluding carboxylic acids is 2. The van der Waals surface area contributed by atoms with Crippen LogP contribution in [0, 0.1) is 0 Å². The summed E-state index contributed by atoms with van der Waals surface area (Å²) in [5, 5.41) is 4.47. The molecule has 2 rings (SSSR count). The zero-order chi connectivity index (χ0) is 12.4. The van der Waals surface area contributed by atoms with Crippen LogP contribution in [0.5, 0.6) is 0 Å². The molecule has 1 amide bonds. The fourth-order valence-electron chi connectivity index (χ4n) is 1.11. The highest BCUT2D eigenvalue weighted by atomic mass is 35.5. The number of hydrogen-bond donors (Lipinski definition) is 1. The number of ketones is 1. The molecule has 0 aliphatic heterocycles. The highest BCUT2D eigenvalue weighted by molar-refractivity contribution is 7.14. The number of anilines is 1. The van der Waals surface area contributed by atoms with Gasteiger partial charge >= 0.3 is 0 Å². The molecule has 0 aliphatic carbocycles. The molecule has 0 saturated heterocycles. The van der Waals surface area contributed by atoms with Crippen molar-refractivity contribution in [1.82, 2.24) is 4.98 Å². The van der Waals surface area contributed by atoms with Crippen LogP contribution >= 0.6 is 22.9 Å². The van der Waals surface area contributed by atoms with E-state index >= 15 is 0 Å². The minimum atomic E-state index is -0.423. The van der Waals surface area contributed by atoms with E-state index in [4.69, 9.17) is 16.0 Å². The SMILES string of the molecule is CC(=O)c1csc(NC(=O)c2ccoc2Cl)n1. The van der Waals surface area contributed by atoms with Crippen LogP contribution in [0.4, 0.5) is 5.13 Å². The van der Waals surface area contributed by atoms with Crippen LogP contribution in [0.25, 0.3) is 0 Å². The van der Waals surface area contributed by atoms with Gasteiger partial charge in [0.25, 0.3) is 5.91 Å². The predicted octanol–water partition coefficient (Wildman–Crippen LogP) is 2.84. The zero-order valence-corrected chi connectivity index (χ0v) is 10.3. The van der Waals surface area contributed by atoms with Crippen LogP contribution in [0.2, 0.25) is 5.22 Å². The third kappa shape index (κ3) is 2.54. The number of thiazole rings is 1. The van der Waals surface area contributed by atoms with E-state index in [2.05, 4.69) is 10.3 Å². The Morgan fingerprint density at radius 3 is 2.82 bits per heavy atom. The van der Waals surface area contributed by atoms with E-state index in [9.17, 15) is 9.59 Å². The van der Waals surface area contributed by atoms with Gasteiger partial charge in [-0.3, -0.25) is 14.9 Å². The van der Waals surface area contributed by atoms with Crippen molar-refractivity contribution in [2.45, 2.75) is 6.92 Å². The van der Waals surface area contributed by atoms with Crippen molar-refractivity contribution in [3.8, 4) is 0 Å². The van der Waals surface area contributed by atoms with Gasteiger partial charge in [0.15, 0.2) is 10.9 Å². The van der Waals surface area contributed by atoms with Crippen LogP contribution in [-0.2, 0) is 0 Å². The number of carbonyl (C=O) groups is 2. The Labute approximate surface area is 105 Å². The van der Waals surface area contributed by atoms with Crippen LogP contribution in [0.1, 0.15) is 27.8 Å². The zero-order valence-electron chi connectivity index (χ0n) is 8.69. The maximum absolute atomic E-state index is 11.7. The average molecular weight is 271 g/mol. The third-order valence-corrected chi connectivity index (χ3v) is 3.00. The van der Waals surface area contributed by atoms with Crippen molar-refractivity contribution < 1.29 is 14.0 Å². The summed E-state index contributed by atoms with van der Waals surface area (Å²) >= 11 is 6.83. The van der Waals surface area contributed by atoms with Crippen molar-refractivity contribution in [3.63, 3.8) is 0 Å². The van der Waals surface area contributed by atoms with E-state index in [0.717, 1.165) is 0 Å². The first-order valence-corrected chi connectivity index (χ1v) is 5.84. The van der Waals surface area contributed by atoms with Gasteiger partial charge in [-0.25, -0.2) is 4.98 Å². The minimum Gasteiger partial charge on any atom is -0.452 e. The van der Waals surface area contributed by atoms with Gasteiger partial charge in [-0.05, 0) is 17.7 Å². The Morgan fingerprint density at radius 1 is 1.53 bits per heavy atom. The third-order valence-electron chi connectivity index (χ3n) is 1.95. The molecule has 0 spiro atoms. The van der Waals surface area contributed by atoms with Gasteiger partial charge in [-0.1, -0.05) is 0 Å². The molecule has 17 heavy (non-hydrogen) atoms. The maximum atomic E-state index is 11.7. The lowest BCUT2D eigenvalue weighted by molar-refractivity contribution is 0.100. The Bertz CT molecular complexity index is 576. The lowest BCUT2D eigenvalue weighted by atomic mass is 10.3. The fourth-order valence-corrected chi connectivity index (χ4v) is 2.06. The van der Waals surface area contributed by atoms with Crippen molar-refractivity contribution in [3.05, 3.63) is 34.2 Å². The summed E-state index contributed by atoms with van der Waals surface area (Å²) in [5.74, 6) is -0.573. The van der Waals surface area contributed by atoms with Crippen molar-refractivity contribution in [1.29, 1.82) is 0 Å². The second-order valence-electron chi connectivity index (χ2n) is 3.16. The van der Waals surface area contributed by atoms with Crippen LogP contribution in [-0.4, -0.2) is 16.7 Å². The van der Waals surface area contributed by atoms with Crippen LogP contribution in [0.3, 0.4) is 0 Å². The Hall–Kier alpha value is -1.66. The summed E-state index contributed by atoms with van der Waals surface area (Å²) in [7, 11) is 0. The smallest absolute Gasteiger partial charge is 0.262 e. The van der Waals surface area contributed by atoms with E-state index < -0.39 is 5.91 Å². The van der Waals surface area contributed by atoms with E-state index in [0.29, 0.717) is 10.8 Å². The molecule has 0 aliphatic rings. The molecule has 2 aromatic heterocycles. The first kappa shape index (κ1) is 11.8. The molecule has 0 saturated carbocycles. The number of furan rings is 1. The fraction of sp³-hybridized carbons (Fsp3) is 0.100. The number of hydrogen-bond acceptors (Lipinski definition) is 5. The lowest BCUT2D eigenvalue weighted by Crippen LogP contribution is -2.11.